The number of carbonyl (C=O) groups is 2. The van der Waals surface area contributed by atoms with Crippen molar-refractivity contribution >= 4 is 23.6 Å². The lowest BCUT2D eigenvalue weighted by Gasteiger charge is -2.11. The molecule has 0 unspecified atom stereocenters. The molecule has 0 bridgehead atoms. The fraction of sp³-hybridized carbons (Fsp3) is 0.316. The third kappa shape index (κ3) is 3.96. The van der Waals surface area contributed by atoms with E-state index in [-0.39, 0.29) is 5.91 Å². The third-order valence-electron chi connectivity index (χ3n) is 4.31. The van der Waals surface area contributed by atoms with E-state index in [0.29, 0.717) is 11.3 Å². The predicted octanol–water partition coefficient (Wildman–Crippen LogP) is 3.09. The summed E-state index contributed by atoms with van der Waals surface area (Å²) in [5.74, 6) is -0.699. The summed E-state index contributed by atoms with van der Waals surface area (Å²) >= 11 is 0. The highest BCUT2D eigenvalue weighted by molar-refractivity contribution is 6.03. The first kappa shape index (κ1) is 18.4. The maximum Gasteiger partial charge on any atom is 0.338 e. The Bertz CT molecular complexity index is 863. The number of nitrogens with zero attached hydrogens (tertiary/aromatic N) is 2. The first-order valence-electron chi connectivity index (χ1n) is 7.93. The molecule has 0 saturated carbocycles. The van der Waals surface area contributed by atoms with Crippen molar-refractivity contribution in [3.8, 4) is 0 Å². The van der Waals surface area contributed by atoms with Gasteiger partial charge in [0.05, 0.1) is 18.4 Å². The molecule has 0 saturated heterocycles. The molecule has 0 aliphatic heterocycles. The van der Waals surface area contributed by atoms with Gasteiger partial charge in [-0.2, -0.15) is 5.10 Å². The zero-order chi connectivity index (χ0) is 18.7. The molecule has 0 spiro atoms. The number of hydrogen-bond donors (Lipinski definition) is 1. The molecule has 0 aliphatic rings. The Kier molecular flexibility index (Phi) is 5.41. The van der Waals surface area contributed by atoms with Gasteiger partial charge in [-0.25, -0.2) is 4.79 Å². The average Bonchev–Trinajstić information content (AvgIpc) is 2.80. The highest BCUT2D eigenvalue weighted by Crippen LogP contribution is 2.21. The van der Waals surface area contributed by atoms with E-state index in [9.17, 15) is 9.59 Å². The monoisotopic (exact) mass is 341 g/mol. The Morgan fingerprint density at radius 3 is 2.44 bits per heavy atom. The maximum atomic E-state index is 12.2. The second-order valence-electron chi connectivity index (χ2n) is 5.99. The van der Waals surface area contributed by atoms with Gasteiger partial charge < -0.3 is 10.1 Å². The first-order chi connectivity index (χ1) is 11.7. The minimum absolute atomic E-state index is 0.276. The van der Waals surface area contributed by atoms with Gasteiger partial charge in [-0.15, -0.1) is 0 Å². The van der Waals surface area contributed by atoms with Crippen LogP contribution in [-0.2, 0) is 16.6 Å². The van der Waals surface area contributed by atoms with E-state index in [2.05, 4.69) is 10.4 Å². The molecule has 0 radical (unpaired) electrons. The van der Waals surface area contributed by atoms with E-state index in [0.717, 1.165) is 28.1 Å². The number of anilines is 1. The molecule has 1 aromatic carbocycles. The van der Waals surface area contributed by atoms with E-state index in [4.69, 9.17) is 4.74 Å². The van der Waals surface area contributed by atoms with Gasteiger partial charge in [0.15, 0.2) is 0 Å². The number of aromatic nitrogens is 2. The average molecular weight is 341 g/mol. The molecule has 25 heavy (non-hydrogen) atoms. The second-order valence-corrected chi connectivity index (χ2v) is 5.99. The number of hydrogen-bond acceptors (Lipinski definition) is 4. The Balaban J connectivity index is 2.22. The number of aryl methyl sites for hydroxylation is 3. The van der Waals surface area contributed by atoms with Crippen LogP contribution in [0.3, 0.4) is 0 Å². The van der Waals surface area contributed by atoms with Crippen molar-refractivity contribution in [2.24, 2.45) is 7.05 Å². The summed E-state index contributed by atoms with van der Waals surface area (Å²) in [5, 5.41) is 7.10. The summed E-state index contributed by atoms with van der Waals surface area (Å²) in [7, 11) is 3.20. The van der Waals surface area contributed by atoms with E-state index in [1.165, 1.54) is 13.2 Å². The SMILES string of the molecule is COC(=O)c1cc(NC(=O)/C=C\c2c(C)nn(C)c2C)cc(C)c1C. The molecule has 0 atom stereocenters. The van der Waals surface area contributed by atoms with Crippen molar-refractivity contribution in [1.29, 1.82) is 0 Å². The molecule has 1 N–H and O–H groups in total. The summed E-state index contributed by atoms with van der Waals surface area (Å²) in [6, 6.07) is 3.45. The van der Waals surface area contributed by atoms with Gasteiger partial charge in [-0.1, -0.05) is 0 Å². The lowest BCUT2D eigenvalue weighted by Crippen LogP contribution is -2.11. The third-order valence-corrected chi connectivity index (χ3v) is 4.31. The van der Waals surface area contributed by atoms with Gasteiger partial charge in [0.1, 0.15) is 0 Å². The van der Waals surface area contributed by atoms with Crippen LogP contribution in [0, 0.1) is 27.7 Å². The van der Waals surface area contributed by atoms with Crippen molar-refractivity contribution < 1.29 is 14.3 Å². The molecule has 6 nitrogen and oxygen atoms in total. The summed E-state index contributed by atoms with van der Waals surface area (Å²) in [6.45, 7) is 7.58. The van der Waals surface area contributed by atoms with Crippen LogP contribution in [-0.4, -0.2) is 28.8 Å². The van der Waals surface area contributed by atoms with E-state index in [1.54, 1.807) is 16.8 Å². The van der Waals surface area contributed by atoms with Crippen LogP contribution in [0.15, 0.2) is 18.2 Å². The van der Waals surface area contributed by atoms with Gasteiger partial charge in [-0.3, -0.25) is 9.48 Å². The van der Waals surface area contributed by atoms with Crippen molar-refractivity contribution in [1.82, 2.24) is 9.78 Å². The molecule has 0 fully saturated rings. The smallest absolute Gasteiger partial charge is 0.338 e. The fourth-order valence-corrected chi connectivity index (χ4v) is 2.63. The minimum Gasteiger partial charge on any atom is -0.465 e. The lowest BCUT2D eigenvalue weighted by molar-refractivity contribution is -0.111. The van der Waals surface area contributed by atoms with Crippen molar-refractivity contribution in [2.75, 3.05) is 12.4 Å². The van der Waals surface area contributed by atoms with Gasteiger partial charge in [0.2, 0.25) is 5.91 Å². The molecule has 132 valence electrons. The highest BCUT2D eigenvalue weighted by Gasteiger charge is 2.13. The quantitative estimate of drug-likeness (QED) is 0.685. The molecule has 2 aromatic rings. The molecule has 1 heterocycles. The number of methoxy groups -OCH3 is 1. The number of ether oxygens (including phenoxy) is 1. The lowest BCUT2D eigenvalue weighted by atomic mass is 10.0. The van der Waals surface area contributed by atoms with Crippen LogP contribution in [0.25, 0.3) is 6.08 Å². The van der Waals surface area contributed by atoms with Gasteiger partial charge in [0, 0.05) is 30.1 Å². The molecular weight excluding hydrogens is 318 g/mol. The van der Waals surface area contributed by atoms with Gasteiger partial charge >= 0.3 is 5.97 Å². The number of benzene rings is 1. The van der Waals surface area contributed by atoms with Gasteiger partial charge in [-0.05, 0) is 57.0 Å². The zero-order valence-electron chi connectivity index (χ0n) is 15.4. The molecule has 1 aromatic heterocycles. The largest absolute Gasteiger partial charge is 0.465 e. The Morgan fingerprint density at radius 1 is 1.20 bits per heavy atom. The standard InChI is InChI=1S/C19H23N3O3/c1-11-9-15(10-17(12(11)2)19(24)25-6)20-18(23)8-7-16-13(3)21-22(5)14(16)4/h7-10H,1-6H3,(H,20,23)/b8-7-. The van der Waals surface area contributed by atoms with Crippen LogP contribution in [0.1, 0.15) is 38.4 Å². The molecule has 1 amide bonds. The van der Waals surface area contributed by atoms with E-state index in [1.807, 2.05) is 40.8 Å². The summed E-state index contributed by atoms with van der Waals surface area (Å²) in [4.78, 5) is 24.1. The maximum absolute atomic E-state index is 12.2. The number of carbonyl (C=O) groups excluding carboxylic acids is 2. The molecule has 2 rings (SSSR count). The van der Waals surface area contributed by atoms with Crippen molar-refractivity contribution in [2.45, 2.75) is 27.7 Å². The second kappa shape index (κ2) is 7.34. The van der Waals surface area contributed by atoms with Crippen LogP contribution in [0.5, 0.6) is 0 Å². The molecular formula is C19H23N3O3. The first-order valence-corrected chi connectivity index (χ1v) is 7.93. The predicted molar refractivity (Wildman–Crippen MR) is 97.6 cm³/mol. The minimum atomic E-state index is -0.422. The number of esters is 1. The van der Waals surface area contributed by atoms with Crippen LogP contribution in [0.4, 0.5) is 5.69 Å². The van der Waals surface area contributed by atoms with Crippen LogP contribution >= 0.6 is 0 Å². The normalized spacial score (nSPS) is 11.0. The number of amides is 1. The number of nitrogens with one attached hydrogen (secondary N) is 1. The Morgan fingerprint density at radius 2 is 1.88 bits per heavy atom. The van der Waals surface area contributed by atoms with Crippen molar-refractivity contribution in [3.63, 3.8) is 0 Å². The summed E-state index contributed by atoms with van der Waals surface area (Å²) < 4.78 is 6.57. The van der Waals surface area contributed by atoms with Crippen LogP contribution < -0.4 is 5.32 Å². The van der Waals surface area contributed by atoms with E-state index < -0.39 is 5.97 Å². The topological polar surface area (TPSA) is 73.2 Å². The van der Waals surface area contributed by atoms with Crippen molar-refractivity contribution in [3.05, 3.63) is 51.9 Å². The molecule has 0 aliphatic carbocycles. The number of rotatable bonds is 4. The van der Waals surface area contributed by atoms with Gasteiger partial charge in [0.25, 0.3) is 0 Å². The van der Waals surface area contributed by atoms with E-state index >= 15 is 0 Å². The Labute approximate surface area is 147 Å². The zero-order valence-corrected chi connectivity index (χ0v) is 15.4. The molecule has 6 heteroatoms. The fourth-order valence-electron chi connectivity index (χ4n) is 2.63. The Hall–Kier alpha value is -2.89. The highest BCUT2D eigenvalue weighted by atomic mass is 16.5. The van der Waals surface area contributed by atoms with Crippen LogP contribution in [0.2, 0.25) is 0 Å². The summed E-state index contributed by atoms with van der Waals surface area (Å²) in [6.07, 6.45) is 3.21. The summed E-state index contributed by atoms with van der Waals surface area (Å²) in [5.41, 5.74) is 5.51.